The van der Waals surface area contributed by atoms with Crippen LogP contribution in [0.1, 0.15) is 24.4 Å². The molecule has 3 aromatic heterocycles. The number of hydrogen-bond acceptors (Lipinski definition) is 7. The monoisotopic (exact) mass is 414 g/mol. The summed E-state index contributed by atoms with van der Waals surface area (Å²) in [6, 6.07) is 1.30. The summed E-state index contributed by atoms with van der Waals surface area (Å²) in [4.78, 5) is 12.4. The highest BCUT2D eigenvalue weighted by Crippen LogP contribution is 2.36. The van der Waals surface area contributed by atoms with E-state index in [1.165, 1.54) is 17.7 Å². The quantitative estimate of drug-likeness (QED) is 0.520. The Kier molecular flexibility index (Phi) is 4.27. The molecule has 0 saturated heterocycles. The van der Waals surface area contributed by atoms with Gasteiger partial charge in [0.15, 0.2) is 11.4 Å². The molecular formula is C15H10ClF3N6OS. The summed E-state index contributed by atoms with van der Waals surface area (Å²) < 4.78 is 45.8. The first-order valence-electron chi connectivity index (χ1n) is 7.56. The van der Waals surface area contributed by atoms with Gasteiger partial charge in [0.25, 0.3) is 6.01 Å². The molecule has 0 aliphatic carbocycles. The van der Waals surface area contributed by atoms with Crippen LogP contribution in [0.2, 0.25) is 5.02 Å². The molecule has 27 heavy (non-hydrogen) atoms. The van der Waals surface area contributed by atoms with Crippen LogP contribution >= 0.6 is 22.9 Å². The Balaban J connectivity index is 1.64. The maximum Gasteiger partial charge on any atom is 0.416 e. The highest BCUT2D eigenvalue weighted by molar-refractivity contribution is 7.12. The van der Waals surface area contributed by atoms with E-state index in [4.69, 9.17) is 16.0 Å². The SMILES string of the molecule is C[C@H](Nc1nc2cc(C(F)(F)F)cc(Cl)c2o1)c1ncnn1-c1nccs1. The number of nitrogens with one attached hydrogen (secondary N) is 1. The standard InChI is InChI=1S/C15H10ClF3N6OS/c1-7(12-21-6-22-25(12)14-20-2-3-27-14)23-13-24-10-5-8(15(17,18)19)4-9(16)11(10)26-13/h2-7H,1H3,(H,23,24)/t7-/m0/s1. The van der Waals surface area contributed by atoms with Crippen molar-refractivity contribution < 1.29 is 17.6 Å². The molecule has 4 rings (SSSR count). The lowest BCUT2D eigenvalue weighted by Crippen LogP contribution is -2.13. The Labute approximate surface area is 158 Å². The van der Waals surface area contributed by atoms with Gasteiger partial charge in [-0.2, -0.15) is 27.9 Å². The van der Waals surface area contributed by atoms with E-state index in [0.717, 1.165) is 12.1 Å². The Bertz CT molecular complexity index is 1090. The lowest BCUT2D eigenvalue weighted by molar-refractivity contribution is -0.137. The number of hydrogen-bond donors (Lipinski definition) is 1. The minimum atomic E-state index is -4.53. The van der Waals surface area contributed by atoms with Crippen molar-refractivity contribution in [3.63, 3.8) is 0 Å². The minimum absolute atomic E-state index is 0.00548. The molecule has 0 radical (unpaired) electrons. The van der Waals surface area contributed by atoms with Crippen LogP contribution in [-0.2, 0) is 6.18 Å². The molecule has 4 aromatic rings. The first kappa shape index (κ1) is 17.7. The van der Waals surface area contributed by atoms with Crippen molar-refractivity contribution in [2.24, 2.45) is 0 Å². The predicted molar refractivity (Wildman–Crippen MR) is 93.1 cm³/mol. The first-order valence-corrected chi connectivity index (χ1v) is 8.82. The van der Waals surface area contributed by atoms with E-state index < -0.39 is 17.8 Å². The molecule has 1 aromatic carbocycles. The average Bonchev–Trinajstić information content (AvgIpc) is 3.33. The zero-order valence-corrected chi connectivity index (χ0v) is 15.1. The van der Waals surface area contributed by atoms with Gasteiger partial charge in [0.2, 0.25) is 5.13 Å². The van der Waals surface area contributed by atoms with Crippen molar-refractivity contribution in [3.8, 4) is 5.13 Å². The van der Waals surface area contributed by atoms with E-state index in [-0.39, 0.29) is 22.1 Å². The van der Waals surface area contributed by atoms with Gasteiger partial charge in [-0.3, -0.25) is 0 Å². The molecule has 0 fully saturated rings. The van der Waals surface area contributed by atoms with Crippen molar-refractivity contribution in [2.45, 2.75) is 19.1 Å². The van der Waals surface area contributed by atoms with Gasteiger partial charge in [0.1, 0.15) is 11.8 Å². The minimum Gasteiger partial charge on any atom is -0.422 e. The van der Waals surface area contributed by atoms with E-state index in [2.05, 4.69) is 25.4 Å². The number of nitrogens with zero attached hydrogens (tertiary/aromatic N) is 5. The number of rotatable bonds is 4. The van der Waals surface area contributed by atoms with Gasteiger partial charge in [-0.05, 0) is 19.1 Å². The molecule has 0 aliphatic heterocycles. The molecule has 0 aliphatic rings. The first-order chi connectivity index (χ1) is 12.8. The fourth-order valence-corrected chi connectivity index (χ4v) is 3.34. The van der Waals surface area contributed by atoms with Crippen LogP contribution in [0.5, 0.6) is 0 Å². The van der Waals surface area contributed by atoms with Crippen LogP contribution in [0.15, 0.2) is 34.5 Å². The van der Waals surface area contributed by atoms with Crippen molar-refractivity contribution in [1.29, 1.82) is 0 Å². The Morgan fingerprint density at radius 3 is 2.81 bits per heavy atom. The third-order valence-corrected chi connectivity index (χ3v) is 4.70. The number of fused-ring (bicyclic) bond motifs is 1. The lowest BCUT2D eigenvalue weighted by atomic mass is 10.2. The van der Waals surface area contributed by atoms with Crippen molar-refractivity contribution in [3.05, 3.63) is 46.4 Å². The van der Waals surface area contributed by atoms with Gasteiger partial charge >= 0.3 is 6.18 Å². The predicted octanol–water partition coefficient (Wildman–Crippen LogP) is 4.71. The van der Waals surface area contributed by atoms with Crippen LogP contribution in [0.25, 0.3) is 16.2 Å². The van der Waals surface area contributed by atoms with Crippen molar-refractivity contribution in [1.82, 2.24) is 24.7 Å². The van der Waals surface area contributed by atoms with Crippen molar-refractivity contribution >= 4 is 40.1 Å². The zero-order valence-electron chi connectivity index (χ0n) is 13.5. The number of anilines is 1. The Morgan fingerprint density at radius 2 is 2.11 bits per heavy atom. The van der Waals surface area contributed by atoms with Gasteiger partial charge in [0, 0.05) is 11.6 Å². The molecule has 0 unspecified atom stereocenters. The zero-order chi connectivity index (χ0) is 19.2. The van der Waals surface area contributed by atoms with E-state index in [1.807, 2.05) is 0 Å². The summed E-state index contributed by atoms with van der Waals surface area (Å²) in [6.45, 7) is 1.78. The number of oxazole rings is 1. The third-order valence-electron chi connectivity index (χ3n) is 3.67. The van der Waals surface area contributed by atoms with Crippen LogP contribution in [0.3, 0.4) is 0 Å². The normalized spacial score (nSPS) is 13.2. The maximum atomic E-state index is 12.9. The third kappa shape index (κ3) is 3.35. The van der Waals surface area contributed by atoms with Crippen LogP contribution in [0.4, 0.5) is 19.2 Å². The highest BCUT2D eigenvalue weighted by atomic mass is 35.5. The van der Waals surface area contributed by atoms with Crippen LogP contribution in [0, 0.1) is 0 Å². The molecule has 140 valence electrons. The topological polar surface area (TPSA) is 81.7 Å². The molecule has 0 saturated carbocycles. The Morgan fingerprint density at radius 1 is 1.30 bits per heavy atom. The molecule has 0 spiro atoms. The molecule has 12 heteroatoms. The largest absolute Gasteiger partial charge is 0.422 e. The number of thiazole rings is 1. The summed E-state index contributed by atoms with van der Waals surface area (Å²) >= 11 is 7.30. The van der Waals surface area contributed by atoms with Crippen molar-refractivity contribution in [2.75, 3.05) is 5.32 Å². The van der Waals surface area contributed by atoms with Crippen LogP contribution < -0.4 is 5.32 Å². The summed E-state index contributed by atoms with van der Waals surface area (Å²) in [7, 11) is 0. The van der Waals surface area contributed by atoms with Gasteiger partial charge in [0.05, 0.1) is 16.6 Å². The molecular weight excluding hydrogens is 405 g/mol. The molecule has 3 heterocycles. The van der Waals surface area contributed by atoms with E-state index in [9.17, 15) is 13.2 Å². The van der Waals surface area contributed by atoms with Gasteiger partial charge in [-0.15, -0.1) is 11.3 Å². The van der Waals surface area contributed by atoms with E-state index in [0.29, 0.717) is 11.0 Å². The highest BCUT2D eigenvalue weighted by Gasteiger charge is 2.32. The smallest absolute Gasteiger partial charge is 0.416 e. The Hall–Kier alpha value is -2.66. The summed E-state index contributed by atoms with van der Waals surface area (Å²) in [5.74, 6) is 0.536. The summed E-state index contributed by atoms with van der Waals surface area (Å²) in [5.41, 5.74) is -0.817. The van der Waals surface area contributed by atoms with Gasteiger partial charge in [-0.1, -0.05) is 11.6 Å². The average molecular weight is 415 g/mol. The maximum absolute atomic E-state index is 12.9. The molecule has 0 bridgehead atoms. The number of aromatic nitrogens is 5. The fraction of sp³-hybridized carbons (Fsp3) is 0.200. The molecule has 7 nitrogen and oxygen atoms in total. The van der Waals surface area contributed by atoms with Gasteiger partial charge < -0.3 is 9.73 Å². The number of alkyl halides is 3. The number of benzene rings is 1. The molecule has 1 atom stereocenters. The molecule has 0 amide bonds. The lowest BCUT2D eigenvalue weighted by Gasteiger charge is -2.11. The second-order valence-corrected chi connectivity index (χ2v) is 6.81. The summed E-state index contributed by atoms with van der Waals surface area (Å²) in [6.07, 6.45) is -1.50. The number of halogens is 4. The second kappa shape index (κ2) is 6.50. The second-order valence-electron chi connectivity index (χ2n) is 5.53. The fourth-order valence-electron chi connectivity index (χ4n) is 2.48. The van der Waals surface area contributed by atoms with Gasteiger partial charge in [-0.25, -0.2) is 9.97 Å². The van der Waals surface area contributed by atoms with E-state index >= 15 is 0 Å². The molecule has 1 N–H and O–H groups in total. The van der Waals surface area contributed by atoms with Crippen LogP contribution in [-0.4, -0.2) is 24.7 Å². The van der Waals surface area contributed by atoms with E-state index in [1.54, 1.807) is 23.2 Å². The summed E-state index contributed by atoms with van der Waals surface area (Å²) in [5, 5.41) is 9.36.